The Balaban J connectivity index is 1.63. The molecule has 2 rings (SSSR count). The van der Waals surface area contributed by atoms with E-state index in [4.69, 9.17) is 0 Å². The Kier molecular flexibility index (Phi) is 7.03. The summed E-state index contributed by atoms with van der Waals surface area (Å²) >= 11 is 0. The lowest BCUT2D eigenvalue weighted by atomic mass is 9.95. The van der Waals surface area contributed by atoms with Crippen LogP contribution >= 0.6 is 0 Å². The fourth-order valence-electron chi connectivity index (χ4n) is 2.99. The minimum absolute atomic E-state index is 0.0403. The van der Waals surface area contributed by atoms with Gasteiger partial charge in [-0.05, 0) is 31.4 Å². The summed E-state index contributed by atoms with van der Waals surface area (Å²) < 4.78 is 13.5. The number of rotatable bonds is 6. The van der Waals surface area contributed by atoms with Crippen LogP contribution in [0.25, 0.3) is 0 Å². The topological polar surface area (TPSA) is 61.4 Å². The molecule has 1 aromatic rings. The van der Waals surface area contributed by atoms with E-state index in [1.165, 1.54) is 31.4 Å². The predicted octanol–water partition coefficient (Wildman–Crippen LogP) is 2.92. The average molecular weight is 335 g/mol. The number of carbonyl (C=O) groups excluding carboxylic acids is 2. The maximum atomic E-state index is 13.5. The number of nitrogens with zero attached hydrogens (tertiary/aromatic N) is 1. The molecule has 0 radical (unpaired) electrons. The Morgan fingerprint density at radius 3 is 2.50 bits per heavy atom. The number of halogens is 1. The minimum Gasteiger partial charge on any atom is -0.352 e. The second kappa shape index (κ2) is 9.25. The van der Waals surface area contributed by atoms with Crippen LogP contribution in [-0.2, 0) is 0 Å². The zero-order valence-electron chi connectivity index (χ0n) is 14.2. The van der Waals surface area contributed by atoms with Crippen molar-refractivity contribution in [2.45, 2.75) is 44.6 Å². The Morgan fingerprint density at radius 2 is 1.79 bits per heavy atom. The molecule has 3 amide bonds. The molecule has 132 valence electrons. The van der Waals surface area contributed by atoms with Crippen LogP contribution < -0.4 is 10.6 Å². The number of benzene rings is 1. The molecular formula is C18H26FN3O2. The van der Waals surface area contributed by atoms with Gasteiger partial charge in [-0.25, -0.2) is 9.18 Å². The van der Waals surface area contributed by atoms with Crippen molar-refractivity contribution in [2.24, 2.45) is 0 Å². The molecule has 0 heterocycles. The first-order chi connectivity index (χ1) is 11.6. The molecule has 0 spiro atoms. The van der Waals surface area contributed by atoms with Crippen molar-refractivity contribution in [3.63, 3.8) is 0 Å². The minimum atomic E-state index is -0.530. The number of nitrogens with one attached hydrogen (secondary N) is 2. The van der Waals surface area contributed by atoms with Gasteiger partial charge in [-0.2, -0.15) is 0 Å². The van der Waals surface area contributed by atoms with Crippen molar-refractivity contribution >= 4 is 11.9 Å². The lowest BCUT2D eigenvalue weighted by Gasteiger charge is -2.31. The number of carbonyl (C=O) groups is 2. The summed E-state index contributed by atoms with van der Waals surface area (Å²) in [4.78, 5) is 25.7. The summed E-state index contributed by atoms with van der Waals surface area (Å²) in [6.45, 7) is 0.869. The molecule has 1 aliphatic carbocycles. The molecule has 5 nitrogen and oxygen atoms in total. The smallest absolute Gasteiger partial charge is 0.317 e. The van der Waals surface area contributed by atoms with Gasteiger partial charge in [0.15, 0.2) is 0 Å². The molecule has 2 N–H and O–H groups in total. The van der Waals surface area contributed by atoms with Crippen molar-refractivity contribution < 1.29 is 14.0 Å². The van der Waals surface area contributed by atoms with Gasteiger partial charge in [0, 0.05) is 26.2 Å². The number of urea groups is 1. The highest BCUT2D eigenvalue weighted by atomic mass is 19.1. The number of hydrogen-bond acceptors (Lipinski definition) is 2. The van der Waals surface area contributed by atoms with Gasteiger partial charge in [-0.3, -0.25) is 4.79 Å². The molecule has 24 heavy (non-hydrogen) atoms. The van der Waals surface area contributed by atoms with E-state index in [2.05, 4.69) is 10.6 Å². The highest BCUT2D eigenvalue weighted by Gasteiger charge is 2.21. The summed E-state index contributed by atoms with van der Waals surface area (Å²) in [6.07, 6.45) is 6.37. The molecule has 0 aliphatic heterocycles. The fraction of sp³-hybridized carbons (Fsp3) is 0.556. The molecule has 0 unspecified atom stereocenters. The van der Waals surface area contributed by atoms with Crippen LogP contribution in [0.4, 0.5) is 9.18 Å². The van der Waals surface area contributed by atoms with E-state index in [0.29, 0.717) is 25.6 Å². The van der Waals surface area contributed by atoms with Crippen LogP contribution in [0.1, 0.15) is 48.9 Å². The molecule has 1 saturated carbocycles. The van der Waals surface area contributed by atoms with Gasteiger partial charge >= 0.3 is 6.03 Å². The molecule has 0 saturated heterocycles. The second-order valence-corrected chi connectivity index (χ2v) is 6.22. The molecule has 0 atom stereocenters. The maximum absolute atomic E-state index is 13.5. The molecule has 0 aromatic heterocycles. The van der Waals surface area contributed by atoms with Gasteiger partial charge in [-0.1, -0.05) is 31.4 Å². The van der Waals surface area contributed by atoms with Crippen LogP contribution in [-0.4, -0.2) is 43.0 Å². The van der Waals surface area contributed by atoms with E-state index in [9.17, 15) is 14.0 Å². The van der Waals surface area contributed by atoms with Crippen molar-refractivity contribution in [1.29, 1.82) is 0 Å². The van der Waals surface area contributed by atoms with Gasteiger partial charge in [0.2, 0.25) is 0 Å². The van der Waals surface area contributed by atoms with Gasteiger partial charge in [0.25, 0.3) is 5.91 Å². The molecular weight excluding hydrogens is 309 g/mol. The summed E-state index contributed by atoms with van der Waals surface area (Å²) in [6, 6.07) is 6.15. The van der Waals surface area contributed by atoms with E-state index in [1.807, 2.05) is 7.05 Å². The Hall–Kier alpha value is -2.11. The lowest BCUT2D eigenvalue weighted by Crippen LogP contribution is -2.45. The fourth-order valence-corrected chi connectivity index (χ4v) is 2.99. The summed E-state index contributed by atoms with van der Waals surface area (Å²) in [5.41, 5.74) is 0.0403. The van der Waals surface area contributed by atoms with Crippen LogP contribution in [0, 0.1) is 5.82 Å². The second-order valence-electron chi connectivity index (χ2n) is 6.22. The average Bonchev–Trinajstić information content (AvgIpc) is 2.61. The lowest BCUT2D eigenvalue weighted by molar-refractivity contribution is 0.0949. The van der Waals surface area contributed by atoms with Crippen LogP contribution in [0.3, 0.4) is 0 Å². The Bertz CT molecular complexity index is 559. The zero-order chi connectivity index (χ0) is 17.4. The first kappa shape index (κ1) is 18.2. The quantitative estimate of drug-likeness (QED) is 0.785. The standard InChI is InChI=1S/C18H26FN3O2/c1-22(14-8-3-2-4-9-14)18(24)21-13-7-12-20-17(23)15-10-5-6-11-16(15)19/h5-6,10-11,14H,2-4,7-9,12-13H2,1H3,(H,20,23)(H,21,24). The van der Waals surface area contributed by atoms with E-state index >= 15 is 0 Å². The summed E-state index contributed by atoms with van der Waals surface area (Å²) in [7, 11) is 1.84. The van der Waals surface area contributed by atoms with Crippen LogP contribution in [0.5, 0.6) is 0 Å². The first-order valence-electron chi connectivity index (χ1n) is 8.63. The monoisotopic (exact) mass is 335 g/mol. The SMILES string of the molecule is CN(C(=O)NCCCNC(=O)c1ccccc1F)C1CCCCC1. The third kappa shape index (κ3) is 5.22. The van der Waals surface area contributed by atoms with Crippen LogP contribution in [0.2, 0.25) is 0 Å². The van der Waals surface area contributed by atoms with Gasteiger partial charge in [0.05, 0.1) is 5.56 Å². The molecule has 1 aliphatic rings. The van der Waals surface area contributed by atoms with E-state index in [1.54, 1.807) is 17.0 Å². The van der Waals surface area contributed by atoms with E-state index in [-0.39, 0.29) is 11.6 Å². The van der Waals surface area contributed by atoms with Crippen molar-refractivity contribution in [1.82, 2.24) is 15.5 Å². The Morgan fingerprint density at radius 1 is 1.12 bits per heavy atom. The maximum Gasteiger partial charge on any atom is 0.317 e. The summed E-state index contributed by atoms with van der Waals surface area (Å²) in [5, 5.41) is 5.53. The normalized spacial score (nSPS) is 14.9. The number of amides is 3. The summed E-state index contributed by atoms with van der Waals surface area (Å²) in [5.74, 6) is -0.962. The van der Waals surface area contributed by atoms with Gasteiger partial charge in [-0.15, -0.1) is 0 Å². The predicted molar refractivity (Wildman–Crippen MR) is 91.4 cm³/mol. The molecule has 6 heteroatoms. The van der Waals surface area contributed by atoms with Crippen molar-refractivity contribution in [3.05, 3.63) is 35.6 Å². The van der Waals surface area contributed by atoms with Gasteiger partial charge in [0.1, 0.15) is 5.82 Å². The zero-order valence-corrected chi connectivity index (χ0v) is 14.2. The Labute approximate surface area is 142 Å². The number of hydrogen-bond donors (Lipinski definition) is 2. The molecule has 1 aromatic carbocycles. The van der Waals surface area contributed by atoms with E-state index < -0.39 is 11.7 Å². The molecule has 1 fully saturated rings. The first-order valence-corrected chi connectivity index (χ1v) is 8.63. The van der Waals surface area contributed by atoms with Crippen molar-refractivity contribution in [3.8, 4) is 0 Å². The van der Waals surface area contributed by atoms with E-state index in [0.717, 1.165) is 12.8 Å². The van der Waals surface area contributed by atoms with Crippen LogP contribution in [0.15, 0.2) is 24.3 Å². The van der Waals surface area contributed by atoms with Crippen molar-refractivity contribution in [2.75, 3.05) is 20.1 Å². The third-order valence-corrected chi connectivity index (χ3v) is 4.48. The molecule has 0 bridgehead atoms. The van der Waals surface area contributed by atoms with Gasteiger partial charge < -0.3 is 15.5 Å². The highest BCUT2D eigenvalue weighted by Crippen LogP contribution is 2.21. The third-order valence-electron chi connectivity index (χ3n) is 4.48. The highest BCUT2D eigenvalue weighted by molar-refractivity contribution is 5.94. The largest absolute Gasteiger partial charge is 0.352 e.